The lowest BCUT2D eigenvalue weighted by Crippen LogP contribution is -2.64. The Kier molecular flexibility index (Phi) is 8.10. The first-order valence-electron chi connectivity index (χ1n) is 6.61. The van der Waals surface area contributed by atoms with Gasteiger partial charge in [-0.2, -0.15) is 4.31 Å². The van der Waals surface area contributed by atoms with Crippen molar-refractivity contribution in [3.05, 3.63) is 10.4 Å². The Balaban J connectivity index is 3.03. The maximum Gasteiger partial charge on any atom is 0.483 e. The topological polar surface area (TPSA) is 261 Å². The quantitative estimate of drug-likeness (QED) is 0.0922. The van der Waals surface area contributed by atoms with Crippen LogP contribution < -0.4 is 5.32 Å². The molecule has 16 nitrogen and oxygen atoms in total. The fourth-order valence-electron chi connectivity index (χ4n) is 1.94. The van der Waals surface area contributed by atoms with Crippen molar-refractivity contribution < 1.29 is 57.5 Å². The summed E-state index contributed by atoms with van der Waals surface area (Å²) in [6, 6.07) is -1.75. The van der Waals surface area contributed by atoms with Gasteiger partial charge in [-0.15, -0.1) is 0 Å². The number of amides is 1. The average molecular weight is 422 g/mol. The summed E-state index contributed by atoms with van der Waals surface area (Å²) >= 11 is 0. The Bertz CT molecular complexity index is 649. The monoisotopic (exact) mass is 422 g/mol. The SMILES string of the molecule is [N-]=[N+]=NCC(=O)N[C@H]1C(OP(=O)(O)OP(=O)(O)O)O[C@H](CO)[C@@H](O)[C@@H]1O. The molecule has 1 saturated heterocycles. The third-order valence-electron chi connectivity index (χ3n) is 2.93. The van der Waals surface area contributed by atoms with E-state index in [1.165, 1.54) is 0 Å². The number of hydrogen-bond donors (Lipinski definition) is 7. The van der Waals surface area contributed by atoms with Gasteiger partial charge in [-0.05, 0) is 5.53 Å². The van der Waals surface area contributed by atoms with Crippen molar-refractivity contribution >= 4 is 21.6 Å². The van der Waals surface area contributed by atoms with E-state index in [0.29, 0.717) is 0 Å². The molecule has 2 unspecified atom stereocenters. The lowest BCUT2D eigenvalue weighted by molar-refractivity contribution is -0.247. The maximum absolute atomic E-state index is 11.6. The second-order valence-electron chi connectivity index (χ2n) is 4.84. The average Bonchev–Trinajstić information content (AvgIpc) is 2.49. The van der Waals surface area contributed by atoms with Crippen LogP contribution in [-0.4, -0.2) is 79.7 Å². The molecule has 0 aromatic carbocycles. The molecule has 18 heteroatoms. The molecule has 7 N–H and O–H groups in total. The second kappa shape index (κ2) is 9.19. The molecule has 1 heterocycles. The van der Waals surface area contributed by atoms with Crippen LogP contribution in [0.1, 0.15) is 0 Å². The van der Waals surface area contributed by atoms with E-state index in [1.54, 1.807) is 0 Å². The van der Waals surface area contributed by atoms with Crippen LogP contribution >= 0.6 is 15.6 Å². The van der Waals surface area contributed by atoms with Gasteiger partial charge in [-0.1, -0.05) is 5.11 Å². The van der Waals surface area contributed by atoms with Crippen LogP contribution in [0.15, 0.2) is 5.11 Å². The molecule has 0 aliphatic carbocycles. The number of nitrogens with zero attached hydrogens (tertiary/aromatic N) is 3. The van der Waals surface area contributed by atoms with E-state index in [2.05, 4.69) is 18.9 Å². The van der Waals surface area contributed by atoms with Crippen LogP contribution in [0.2, 0.25) is 0 Å². The molecular weight excluding hydrogens is 406 g/mol. The van der Waals surface area contributed by atoms with Crippen LogP contribution in [0.5, 0.6) is 0 Å². The lowest BCUT2D eigenvalue weighted by Gasteiger charge is -2.42. The molecule has 150 valence electrons. The summed E-state index contributed by atoms with van der Waals surface area (Å²) in [5, 5.41) is 33.8. The van der Waals surface area contributed by atoms with Gasteiger partial charge in [-0.25, -0.2) is 9.13 Å². The molecule has 0 radical (unpaired) electrons. The Labute approximate surface area is 144 Å². The van der Waals surface area contributed by atoms with Gasteiger partial charge in [0.05, 0.1) is 6.61 Å². The molecular formula is C8H16N4O12P2. The van der Waals surface area contributed by atoms with Crippen molar-refractivity contribution in [2.24, 2.45) is 5.11 Å². The van der Waals surface area contributed by atoms with E-state index < -0.39 is 65.3 Å². The third kappa shape index (κ3) is 6.89. The summed E-state index contributed by atoms with van der Waals surface area (Å²) in [6.45, 7) is -1.63. The third-order valence-corrected chi connectivity index (χ3v) is 5.08. The Morgan fingerprint density at radius 3 is 2.38 bits per heavy atom. The number of nitrogens with one attached hydrogen (secondary N) is 1. The number of phosphoric acid groups is 2. The van der Waals surface area contributed by atoms with Crippen LogP contribution in [0.3, 0.4) is 0 Å². The normalized spacial score (nSPS) is 31.5. The van der Waals surface area contributed by atoms with E-state index in [9.17, 15) is 29.0 Å². The van der Waals surface area contributed by atoms with Crippen molar-refractivity contribution in [3.8, 4) is 0 Å². The summed E-state index contributed by atoms with van der Waals surface area (Å²) in [5.41, 5.74) is 8.15. The highest BCUT2D eigenvalue weighted by Gasteiger charge is 2.49. The molecule has 1 rings (SSSR count). The van der Waals surface area contributed by atoms with Gasteiger partial charge in [0, 0.05) is 4.91 Å². The number of carbonyl (C=O) groups excluding carboxylic acids is 1. The van der Waals surface area contributed by atoms with Crippen molar-refractivity contribution in [2.45, 2.75) is 30.6 Å². The molecule has 1 aliphatic heterocycles. The predicted molar refractivity (Wildman–Crippen MR) is 77.7 cm³/mol. The number of azide groups is 1. The van der Waals surface area contributed by atoms with Crippen LogP contribution in [0.4, 0.5) is 0 Å². The van der Waals surface area contributed by atoms with E-state index in [-0.39, 0.29) is 0 Å². The number of aliphatic hydroxyl groups excluding tert-OH is 3. The zero-order chi connectivity index (χ0) is 20.1. The summed E-state index contributed by atoms with van der Waals surface area (Å²) in [6.07, 6.45) is -7.29. The van der Waals surface area contributed by atoms with Crippen LogP contribution in [-0.2, 0) is 27.5 Å². The van der Waals surface area contributed by atoms with Gasteiger partial charge < -0.3 is 40.1 Å². The van der Waals surface area contributed by atoms with E-state index in [1.807, 2.05) is 5.32 Å². The highest BCUT2D eigenvalue weighted by Crippen LogP contribution is 2.58. The Hall–Kier alpha value is -1.12. The minimum Gasteiger partial charge on any atom is -0.394 e. The number of aliphatic hydroxyl groups is 3. The first kappa shape index (κ1) is 22.9. The maximum atomic E-state index is 11.6. The molecule has 6 atom stereocenters. The smallest absolute Gasteiger partial charge is 0.394 e. The van der Waals surface area contributed by atoms with Crippen molar-refractivity contribution in [1.29, 1.82) is 0 Å². The van der Waals surface area contributed by atoms with E-state index in [0.717, 1.165) is 0 Å². The molecule has 0 aromatic rings. The van der Waals surface area contributed by atoms with Gasteiger partial charge >= 0.3 is 15.6 Å². The lowest BCUT2D eigenvalue weighted by atomic mass is 9.97. The van der Waals surface area contributed by atoms with E-state index in [4.69, 9.17) is 25.2 Å². The molecule has 0 bridgehead atoms. The van der Waals surface area contributed by atoms with Crippen molar-refractivity contribution in [3.63, 3.8) is 0 Å². The molecule has 0 spiro atoms. The molecule has 1 fully saturated rings. The number of hydrogen-bond acceptors (Lipinski definition) is 10. The molecule has 0 saturated carbocycles. The molecule has 1 amide bonds. The number of carbonyl (C=O) groups is 1. The largest absolute Gasteiger partial charge is 0.483 e. The summed E-state index contributed by atoms with van der Waals surface area (Å²) in [5.74, 6) is -1.01. The summed E-state index contributed by atoms with van der Waals surface area (Å²) < 4.78 is 35.2. The van der Waals surface area contributed by atoms with Crippen LogP contribution in [0.25, 0.3) is 10.4 Å². The molecule has 0 aromatic heterocycles. The predicted octanol–water partition coefficient (Wildman–Crippen LogP) is -2.55. The molecule has 1 aliphatic rings. The van der Waals surface area contributed by atoms with Gasteiger partial charge in [0.25, 0.3) is 0 Å². The zero-order valence-electron chi connectivity index (χ0n) is 12.7. The fourth-order valence-corrected chi connectivity index (χ4v) is 3.61. The first-order valence-corrected chi connectivity index (χ1v) is 9.63. The number of rotatable bonds is 8. The first-order chi connectivity index (χ1) is 11.9. The number of ether oxygens (including phenoxy) is 1. The second-order valence-corrected chi connectivity index (χ2v) is 7.62. The van der Waals surface area contributed by atoms with Gasteiger partial charge in [0.15, 0.2) is 6.29 Å². The summed E-state index contributed by atoms with van der Waals surface area (Å²) in [4.78, 5) is 40.4. The number of phosphoric ester groups is 1. The summed E-state index contributed by atoms with van der Waals surface area (Å²) in [7, 11) is -10.9. The highest BCUT2D eigenvalue weighted by atomic mass is 31.3. The fraction of sp³-hybridized carbons (Fsp3) is 0.875. The van der Waals surface area contributed by atoms with Gasteiger partial charge in [0.1, 0.15) is 30.9 Å². The highest BCUT2D eigenvalue weighted by molar-refractivity contribution is 7.60. The molecule has 26 heavy (non-hydrogen) atoms. The van der Waals surface area contributed by atoms with Crippen LogP contribution in [0, 0.1) is 0 Å². The van der Waals surface area contributed by atoms with Gasteiger partial charge in [0.2, 0.25) is 5.91 Å². The minimum absolute atomic E-state index is 0.748. The standard InChI is InChI=1S/C8H16N4O12P2/c9-12-10-1-4(14)11-5-7(16)6(15)3(2-13)22-8(5)23-26(20,21)24-25(17,18)19/h3,5-8,13,15-16H,1-2H2,(H,11,14)(H,20,21)(H2,17,18,19)/t3-,5-,6-,7-,8?/m1/s1. The van der Waals surface area contributed by atoms with E-state index >= 15 is 0 Å². The van der Waals surface area contributed by atoms with Crippen molar-refractivity contribution in [2.75, 3.05) is 13.2 Å². The van der Waals surface area contributed by atoms with Gasteiger partial charge in [-0.3, -0.25) is 9.32 Å². The Morgan fingerprint density at radius 1 is 1.27 bits per heavy atom. The van der Waals surface area contributed by atoms with Crippen molar-refractivity contribution in [1.82, 2.24) is 5.32 Å². The Morgan fingerprint density at radius 2 is 1.88 bits per heavy atom. The minimum atomic E-state index is -5.46. The zero-order valence-corrected chi connectivity index (χ0v) is 14.5.